The van der Waals surface area contributed by atoms with Crippen molar-refractivity contribution in [3.63, 3.8) is 0 Å². The summed E-state index contributed by atoms with van der Waals surface area (Å²) >= 11 is 0. The fraction of sp³-hybridized carbons (Fsp3) is 0.500. The Morgan fingerprint density at radius 1 is 1.41 bits per heavy atom. The molecular formula is C14H19FN2. The lowest BCUT2D eigenvalue weighted by Crippen LogP contribution is -2.24. The van der Waals surface area contributed by atoms with Crippen molar-refractivity contribution in [3.8, 4) is 6.07 Å². The van der Waals surface area contributed by atoms with E-state index < -0.39 is 0 Å². The first-order valence-electron chi connectivity index (χ1n) is 5.85. The molecule has 0 saturated carbocycles. The Labute approximate surface area is 102 Å². The predicted octanol–water partition coefficient (Wildman–Crippen LogP) is 3.42. The molecule has 0 fully saturated rings. The summed E-state index contributed by atoms with van der Waals surface area (Å²) in [5, 5.41) is 12.1. The number of hydrogen-bond donors (Lipinski definition) is 1. The van der Waals surface area contributed by atoms with Gasteiger partial charge in [0.1, 0.15) is 5.82 Å². The van der Waals surface area contributed by atoms with Crippen LogP contribution in [0.25, 0.3) is 0 Å². The summed E-state index contributed by atoms with van der Waals surface area (Å²) in [7, 11) is 0. The minimum absolute atomic E-state index is 0.0364. The zero-order chi connectivity index (χ0) is 12.9. The minimum atomic E-state index is -0.331. The van der Waals surface area contributed by atoms with Gasteiger partial charge in [0.25, 0.3) is 0 Å². The first-order chi connectivity index (χ1) is 7.96. The molecule has 0 amide bonds. The van der Waals surface area contributed by atoms with Gasteiger partial charge in [0, 0.05) is 11.6 Å². The highest BCUT2D eigenvalue weighted by molar-refractivity contribution is 5.20. The maximum atomic E-state index is 13.5. The number of nitrogens with one attached hydrogen (secondary N) is 1. The Balaban J connectivity index is 2.49. The van der Waals surface area contributed by atoms with E-state index in [4.69, 9.17) is 5.26 Å². The SMILES string of the molecule is C[C@@H](NCCC(C)(C)C#N)c1ccccc1F. The number of rotatable bonds is 5. The second kappa shape index (κ2) is 5.79. The van der Waals surface area contributed by atoms with Crippen molar-refractivity contribution in [2.45, 2.75) is 33.2 Å². The molecule has 0 aliphatic rings. The summed E-state index contributed by atoms with van der Waals surface area (Å²) < 4.78 is 13.5. The third-order valence-corrected chi connectivity index (χ3v) is 2.87. The zero-order valence-corrected chi connectivity index (χ0v) is 10.6. The van der Waals surface area contributed by atoms with Gasteiger partial charge >= 0.3 is 0 Å². The van der Waals surface area contributed by atoms with Crippen molar-refractivity contribution >= 4 is 0 Å². The van der Waals surface area contributed by atoms with Crippen molar-refractivity contribution in [1.29, 1.82) is 5.26 Å². The Kier molecular flexibility index (Phi) is 4.65. The average molecular weight is 234 g/mol. The summed E-state index contributed by atoms with van der Waals surface area (Å²) in [6, 6.07) is 8.97. The molecule has 1 aromatic carbocycles. The van der Waals surface area contributed by atoms with Crippen LogP contribution in [0.5, 0.6) is 0 Å². The molecule has 0 aliphatic carbocycles. The second-order valence-electron chi connectivity index (χ2n) is 4.94. The van der Waals surface area contributed by atoms with E-state index in [-0.39, 0.29) is 17.3 Å². The van der Waals surface area contributed by atoms with Crippen LogP contribution < -0.4 is 5.32 Å². The van der Waals surface area contributed by atoms with Crippen LogP contribution in [0.3, 0.4) is 0 Å². The third kappa shape index (κ3) is 4.16. The van der Waals surface area contributed by atoms with E-state index in [0.29, 0.717) is 12.1 Å². The van der Waals surface area contributed by atoms with Gasteiger partial charge in [-0.2, -0.15) is 5.26 Å². The van der Waals surface area contributed by atoms with E-state index in [0.717, 1.165) is 6.42 Å². The molecule has 1 aromatic rings. The van der Waals surface area contributed by atoms with Crippen molar-refractivity contribution in [2.75, 3.05) is 6.54 Å². The van der Waals surface area contributed by atoms with Gasteiger partial charge in [-0.3, -0.25) is 0 Å². The predicted molar refractivity (Wildman–Crippen MR) is 66.8 cm³/mol. The molecule has 1 atom stereocenters. The smallest absolute Gasteiger partial charge is 0.127 e. The molecule has 0 spiro atoms. The molecule has 3 heteroatoms. The number of benzene rings is 1. The average Bonchev–Trinajstić information content (AvgIpc) is 2.29. The maximum absolute atomic E-state index is 13.5. The lowest BCUT2D eigenvalue weighted by molar-refractivity contribution is 0.413. The minimum Gasteiger partial charge on any atom is -0.310 e. The largest absolute Gasteiger partial charge is 0.310 e. The van der Waals surface area contributed by atoms with Crippen molar-refractivity contribution in [2.24, 2.45) is 5.41 Å². The molecule has 0 radical (unpaired) electrons. The molecule has 0 unspecified atom stereocenters. The Bertz CT molecular complexity index is 407. The van der Waals surface area contributed by atoms with Gasteiger partial charge in [0.15, 0.2) is 0 Å². The van der Waals surface area contributed by atoms with E-state index in [1.165, 1.54) is 6.07 Å². The van der Waals surface area contributed by atoms with Crippen LogP contribution in [0.2, 0.25) is 0 Å². The summed E-state index contributed by atoms with van der Waals surface area (Å²) in [5.74, 6) is -0.188. The molecular weight excluding hydrogens is 215 g/mol. The molecule has 0 aromatic heterocycles. The number of hydrogen-bond acceptors (Lipinski definition) is 2. The molecule has 1 rings (SSSR count). The Morgan fingerprint density at radius 3 is 2.65 bits per heavy atom. The van der Waals surface area contributed by atoms with Crippen molar-refractivity contribution < 1.29 is 4.39 Å². The Hall–Kier alpha value is -1.40. The fourth-order valence-corrected chi connectivity index (χ4v) is 1.59. The maximum Gasteiger partial charge on any atom is 0.127 e. The fourth-order valence-electron chi connectivity index (χ4n) is 1.59. The highest BCUT2D eigenvalue weighted by atomic mass is 19.1. The topological polar surface area (TPSA) is 35.8 Å². The van der Waals surface area contributed by atoms with E-state index >= 15 is 0 Å². The van der Waals surface area contributed by atoms with Crippen molar-refractivity contribution in [3.05, 3.63) is 35.6 Å². The quantitative estimate of drug-likeness (QED) is 0.847. The van der Waals surface area contributed by atoms with Gasteiger partial charge in [-0.25, -0.2) is 4.39 Å². The van der Waals surface area contributed by atoms with Gasteiger partial charge < -0.3 is 5.32 Å². The van der Waals surface area contributed by atoms with Gasteiger partial charge in [-0.15, -0.1) is 0 Å². The standard InChI is InChI=1S/C14H19FN2/c1-11(12-6-4-5-7-13(12)15)17-9-8-14(2,3)10-16/h4-7,11,17H,8-9H2,1-3H3/t11-/m1/s1. The van der Waals surface area contributed by atoms with Crippen LogP contribution >= 0.6 is 0 Å². The monoisotopic (exact) mass is 234 g/mol. The van der Waals surface area contributed by atoms with Crippen LogP contribution in [0.1, 0.15) is 38.8 Å². The molecule has 92 valence electrons. The van der Waals surface area contributed by atoms with Crippen LogP contribution in [-0.4, -0.2) is 6.54 Å². The normalized spacial score (nSPS) is 13.1. The molecule has 1 N–H and O–H groups in total. The second-order valence-corrected chi connectivity index (χ2v) is 4.94. The summed E-state index contributed by atoms with van der Waals surface area (Å²) in [6.07, 6.45) is 0.752. The number of halogens is 1. The van der Waals surface area contributed by atoms with Gasteiger partial charge in [0.2, 0.25) is 0 Å². The van der Waals surface area contributed by atoms with E-state index in [1.807, 2.05) is 26.8 Å². The van der Waals surface area contributed by atoms with E-state index in [2.05, 4.69) is 11.4 Å². The van der Waals surface area contributed by atoms with Gasteiger partial charge in [0.05, 0.1) is 11.5 Å². The van der Waals surface area contributed by atoms with E-state index in [9.17, 15) is 4.39 Å². The molecule has 0 heterocycles. The van der Waals surface area contributed by atoms with Crippen LogP contribution in [0.4, 0.5) is 4.39 Å². The molecule has 0 aliphatic heterocycles. The Morgan fingerprint density at radius 2 is 2.06 bits per heavy atom. The van der Waals surface area contributed by atoms with Crippen LogP contribution in [0, 0.1) is 22.6 Å². The molecule has 0 saturated heterocycles. The van der Waals surface area contributed by atoms with Crippen LogP contribution in [0.15, 0.2) is 24.3 Å². The van der Waals surface area contributed by atoms with E-state index in [1.54, 1.807) is 12.1 Å². The summed E-state index contributed by atoms with van der Waals surface area (Å²) in [4.78, 5) is 0. The lowest BCUT2D eigenvalue weighted by Gasteiger charge is -2.19. The zero-order valence-electron chi connectivity index (χ0n) is 10.6. The highest BCUT2D eigenvalue weighted by Crippen LogP contribution is 2.19. The van der Waals surface area contributed by atoms with Crippen LogP contribution in [-0.2, 0) is 0 Å². The number of nitriles is 1. The third-order valence-electron chi connectivity index (χ3n) is 2.87. The van der Waals surface area contributed by atoms with Gasteiger partial charge in [-0.05, 0) is 39.8 Å². The summed E-state index contributed by atoms with van der Waals surface area (Å²) in [6.45, 7) is 6.44. The number of nitrogens with zero attached hydrogens (tertiary/aromatic N) is 1. The molecule has 17 heavy (non-hydrogen) atoms. The first kappa shape index (κ1) is 13.7. The summed E-state index contributed by atoms with van der Waals surface area (Å²) in [5.41, 5.74) is 0.337. The molecule has 0 bridgehead atoms. The molecule has 2 nitrogen and oxygen atoms in total. The highest BCUT2D eigenvalue weighted by Gasteiger charge is 2.17. The lowest BCUT2D eigenvalue weighted by atomic mass is 9.91. The van der Waals surface area contributed by atoms with Crippen molar-refractivity contribution in [1.82, 2.24) is 5.32 Å². The van der Waals surface area contributed by atoms with Gasteiger partial charge in [-0.1, -0.05) is 18.2 Å². The first-order valence-corrected chi connectivity index (χ1v) is 5.85.